The largest absolute Gasteiger partial charge is 0.468 e. The SMILES string of the molecule is CCN1CCN(S(=O)(=O)c2cccc(NC(=O)c3ccc(OCC(F)(F)F)nc3)c2)CC1. The maximum atomic E-state index is 13.0. The Labute approximate surface area is 184 Å². The van der Waals surface area contributed by atoms with Crippen molar-refractivity contribution in [2.45, 2.75) is 18.0 Å². The summed E-state index contributed by atoms with van der Waals surface area (Å²) >= 11 is 0. The number of benzene rings is 1. The normalized spacial score (nSPS) is 16.0. The molecule has 1 aliphatic rings. The Balaban J connectivity index is 1.66. The minimum absolute atomic E-state index is 0.0641. The molecular formula is C20H23F3N4O4S. The Morgan fingerprint density at radius 2 is 1.88 bits per heavy atom. The van der Waals surface area contributed by atoms with E-state index in [0.717, 1.165) is 18.8 Å². The molecule has 1 aromatic heterocycles. The summed E-state index contributed by atoms with van der Waals surface area (Å²) in [6.07, 6.45) is -3.42. The maximum Gasteiger partial charge on any atom is 0.422 e. The van der Waals surface area contributed by atoms with Gasteiger partial charge in [-0.2, -0.15) is 17.5 Å². The first kappa shape index (κ1) is 24.0. The lowest BCUT2D eigenvalue weighted by Crippen LogP contribution is -2.48. The third-order valence-corrected chi connectivity index (χ3v) is 6.79. The summed E-state index contributed by atoms with van der Waals surface area (Å²) in [6.45, 7) is 3.49. The van der Waals surface area contributed by atoms with Crippen LogP contribution in [0.15, 0.2) is 47.5 Å². The molecule has 0 atom stereocenters. The Hall–Kier alpha value is -2.70. The van der Waals surface area contributed by atoms with Crippen molar-refractivity contribution in [2.75, 3.05) is 44.6 Å². The molecule has 1 fully saturated rings. The molecule has 1 aliphatic heterocycles. The number of hydrogen-bond donors (Lipinski definition) is 1. The summed E-state index contributed by atoms with van der Waals surface area (Å²) in [5, 5.41) is 2.57. The highest BCUT2D eigenvalue weighted by molar-refractivity contribution is 7.89. The summed E-state index contributed by atoms with van der Waals surface area (Å²) in [4.78, 5) is 18.3. The second kappa shape index (κ2) is 9.84. The Kier molecular flexibility index (Phi) is 7.36. The quantitative estimate of drug-likeness (QED) is 0.666. The van der Waals surface area contributed by atoms with Crippen LogP contribution < -0.4 is 10.1 Å². The highest BCUT2D eigenvalue weighted by Crippen LogP contribution is 2.22. The van der Waals surface area contributed by atoms with Gasteiger partial charge < -0.3 is 15.0 Å². The first-order valence-corrected chi connectivity index (χ1v) is 11.3. The number of pyridine rings is 1. The van der Waals surface area contributed by atoms with Crippen molar-refractivity contribution >= 4 is 21.6 Å². The minimum atomic E-state index is -4.49. The van der Waals surface area contributed by atoms with Gasteiger partial charge in [-0.25, -0.2) is 13.4 Å². The van der Waals surface area contributed by atoms with Crippen molar-refractivity contribution in [3.63, 3.8) is 0 Å². The average molecular weight is 472 g/mol. The third-order valence-electron chi connectivity index (χ3n) is 4.89. The van der Waals surface area contributed by atoms with Crippen LogP contribution in [0.5, 0.6) is 5.88 Å². The van der Waals surface area contributed by atoms with E-state index in [-0.39, 0.29) is 22.0 Å². The standard InChI is InChI=1S/C20H23F3N4O4S/c1-2-26-8-10-27(11-9-26)32(29,30)17-5-3-4-16(12-17)25-19(28)15-6-7-18(24-13-15)31-14-20(21,22)23/h3-7,12-13H,2,8-11,14H2,1H3,(H,25,28). The number of nitrogens with one attached hydrogen (secondary N) is 1. The summed E-state index contributed by atoms with van der Waals surface area (Å²) in [5.41, 5.74) is 0.342. The molecule has 0 spiro atoms. The van der Waals surface area contributed by atoms with Gasteiger partial charge in [-0.3, -0.25) is 4.79 Å². The van der Waals surface area contributed by atoms with Gasteiger partial charge >= 0.3 is 6.18 Å². The molecule has 0 aliphatic carbocycles. The van der Waals surface area contributed by atoms with Crippen LogP contribution in [0.3, 0.4) is 0 Å². The number of piperazine rings is 1. The number of sulfonamides is 1. The molecule has 12 heteroatoms. The molecule has 1 saturated heterocycles. The highest BCUT2D eigenvalue weighted by atomic mass is 32.2. The molecule has 32 heavy (non-hydrogen) atoms. The van der Waals surface area contributed by atoms with Crippen LogP contribution in [-0.4, -0.2) is 74.0 Å². The van der Waals surface area contributed by atoms with E-state index in [2.05, 4.69) is 19.9 Å². The molecule has 3 rings (SSSR count). The van der Waals surface area contributed by atoms with Crippen LogP contribution in [0.1, 0.15) is 17.3 Å². The van der Waals surface area contributed by atoms with Crippen molar-refractivity contribution in [3.05, 3.63) is 48.2 Å². The van der Waals surface area contributed by atoms with Crippen LogP contribution in [0.2, 0.25) is 0 Å². The number of alkyl halides is 3. The van der Waals surface area contributed by atoms with Crippen molar-refractivity contribution in [1.82, 2.24) is 14.2 Å². The number of likely N-dealkylation sites (N-methyl/N-ethyl adjacent to an activating group) is 1. The molecule has 2 aromatic rings. The number of rotatable bonds is 7. The number of anilines is 1. The van der Waals surface area contributed by atoms with Gasteiger partial charge in [0.05, 0.1) is 10.5 Å². The minimum Gasteiger partial charge on any atom is -0.468 e. The number of carbonyl (C=O) groups is 1. The Bertz CT molecular complexity index is 1040. The number of halogens is 3. The molecule has 0 saturated carbocycles. The van der Waals surface area contributed by atoms with E-state index in [1.807, 2.05) is 6.92 Å². The first-order chi connectivity index (χ1) is 15.1. The van der Waals surface area contributed by atoms with E-state index in [4.69, 9.17) is 0 Å². The van der Waals surface area contributed by atoms with Crippen LogP contribution in [0.25, 0.3) is 0 Å². The van der Waals surface area contributed by atoms with Crippen LogP contribution in [0, 0.1) is 0 Å². The molecule has 0 radical (unpaired) electrons. The molecule has 8 nitrogen and oxygen atoms in total. The van der Waals surface area contributed by atoms with E-state index in [1.165, 1.54) is 28.6 Å². The second-order valence-electron chi connectivity index (χ2n) is 7.11. The van der Waals surface area contributed by atoms with Crippen molar-refractivity contribution in [2.24, 2.45) is 0 Å². The zero-order valence-corrected chi connectivity index (χ0v) is 18.1. The van der Waals surface area contributed by atoms with Crippen molar-refractivity contribution in [3.8, 4) is 5.88 Å². The number of amides is 1. The molecule has 1 amide bonds. The van der Waals surface area contributed by atoms with Crippen molar-refractivity contribution < 1.29 is 31.1 Å². The van der Waals surface area contributed by atoms with Gasteiger partial charge in [0.15, 0.2) is 6.61 Å². The number of ether oxygens (including phenoxy) is 1. The third kappa shape index (κ3) is 6.17. The topological polar surface area (TPSA) is 91.8 Å². The van der Waals surface area contributed by atoms with Gasteiger partial charge in [0.25, 0.3) is 5.91 Å². The lowest BCUT2D eigenvalue weighted by Gasteiger charge is -2.33. The Morgan fingerprint density at radius 3 is 2.47 bits per heavy atom. The Morgan fingerprint density at radius 1 is 1.16 bits per heavy atom. The monoisotopic (exact) mass is 472 g/mol. The van der Waals surface area contributed by atoms with E-state index < -0.39 is 28.7 Å². The highest BCUT2D eigenvalue weighted by Gasteiger charge is 2.29. The van der Waals surface area contributed by atoms with E-state index in [1.54, 1.807) is 6.07 Å². The predicted molar refractivity (Wildman–Crippen MR) is 111 cm³/mol. The summed E-state index contributed by atoms with van der Waals surface area (Å²) in [7, 11) is -3.71. The van der Waals surface area contributed by atoms with Crippen molar-refractivity contribution in [1.29, 1.82) is 0 Å². The zero-order valence-electron chi connectivity index (χ0n) is 17.3. The van der Waals surface area contributed by atoms with Gasteiger partial charge in [0.1, 0.15) is 0 Å². The van der Waals surface area contributed by atoms with Gasteiger partial charge in [-0.1, -0.05) is 13.0 Å². The van der Waals surface area contributed by atoms with Crippen LogP contribution in [0.4, 0.5) is 18.9 Å². The fraction of sp³-hybridized carbons (Fsp3) is 0.400. The molecular weight excluding hydrogens is 449 g/mol. The van der Waals surface area contributed by atoms with Gasteiger partial charge in [0.2, 0.25) is 15.9 Å². The maximum absolute atomic E-state index is 13.0. The number of nitrogens with zero attached hydrogens (tertiary/aromatic N) is 3. The lowest BCUT2D eigenvalue weighted by atomic mass is 10.2. The molecule has 1 aromatic carbocycles. The molecule has 174 valence electrons. The van der Waals surface area contributed by atoms with E-state index in [0.29, 0.717) is 26.2 Å². The molecule has 2 heterocycles. The first-order valence-electron chi connectivity index (χ1n) is 9.88. The van der Waals surface area contributed by atoms with E-state index in [9.17, 15) is 26.4 Å². The fourth-order valence-electron chi connectivity index (χ4n) is 3.13. The zero-order chi connectivity index (χ0) is 23.4. The fourth-order valence-corrected chi connectivity index (χ4v) is 4.60. The molecule has 0 unspecified atom stereocenters. The smallest absolute Gasteiger partial charge is 0.422 e. The lowest BCUT2D eigenvalue weighted by molar-refractivity contribution is -0.154. The molecule has 1 N–H and O–H groups in total. The van der Waals surface area contributed by atoms with Gasteiger partial charge in [0, 0.05) is 44.1 Å². The summed E-state index contributed by atoms with van der Waals surface area (Å²) < 4.78 is 68.4. The van der Waals surface area contributed by atoms with Crippen LogP contribution in [-0.2, 0) is 10.0 Å². The second-order valence-corrected chi connectivity index (χ2v) is 9.05. The number of aromatic nitrogens is 1. The number of hydrogen-bond acceptors (Lipinski definition) is 6. The molecule has 0 bridgehead atoms. The number of carbonyl (C=O) groups excluding carboxylic acids is 1. The van der Waals surface area contributed by atoms with Gasteiger partial charge in [-0.15, -0.1) is 0 Å². The average Bonchev–Trinajstić information content (AvgIpc) is 2.77. The van der Waals surface area contributed by atoms with Crippen LogP contribution >= 0.6 is 0 Å². The summed E-state index contributed by atoms with van der Waals surface area (Å²) in [5.74, 6) is -0.860. The van der Waals surface area contributed by atoms with E-state index >= 15 is 0 Å². The summed E-state index contributed by atoms with van der Waals surface area (Å²) in [6, 6.07) is 8.32. The predicted octanol–water partition coefficient (Wildman–Crippen LogP) is 2.60. The van der Waals surface area contributed by atoms with Gasteiger partial charge in [-0.05, 0) is 30.8 Å².